The van der Waals surface area contributed by atoms with Crippen molar-refractivity contribution < 1.29 is 29.3 Å². The molecule has 2 rings (SSSR count). The van der Waals surface area contributed by atoms with Crippen molar-refractivity contribution in [1.29, 1.82) is 0 Å². The van der Waals surface area contributed by atoms with Gasteiger partial charge in [0, 0.05) is 5.92 Å². The highest BCUT2D eigenvalue weighted by molar-refractivity contribution is 5.86. The lowest BCUT2D eigenvalue weighted by atomic mass is 10.2. The number of carbonyl (C=O) groups is 2. The number of ether oxygens (including phenoxy) is 2. The number of hydrogen-bond acceptors (Lipinski definition) is 4. The van der Waals surface area contributed by atoms with Crippen LogP contribution < -0.4 is 4.74 Å². The molecule has 0 bridgehead atoms. The second-order valence-corrected chi connectivity index (χ2v) is 4.76. The van der Waals surface area contributed by atoms with Crippen LogP contribution in [0, 0.1) is 17.8 Å². The molecule has 0 aliphatic heterocycles. The third kappa shape index (κ3) is 3.08. The van der Waals surface area contributed by atoms with Gasteiger partial charge in [0.1, 0.15) is 5.75 Å². The summed E-state index contributed by atoms with van der Waals surface area (Å²) in [6.45, 7) is 0.457. The van der Waals surface area contributed by atoms with Crippen molar-refractivity contribution in [2.75, 3.05) is 13.7 Å². The van der Waals surface area contributed by atoms with Crippen LogP contribution in [-0.4, -0.2) is 35.9 Å². The first-order chi connectivity index (χ1) is 9.54. The number of aliphatic carboxylic acids is 2. The van der Waals surface area contributed by atoms with E-state index >= 15 is 0 Å². The minimum atomic E-state index is -1.07. The molecule has 1 aliphatic rings. The highest BCUT2D eigenvalue weighted by Gasteiger charge is 2.59. The van der Waals surface area contributed by atoms with Gasteiger partial charge in [-0.05, 0) is 17.7 Å². The predicted molar refractivity (Wildman–Crippen MR) is 68.4 cm³/mol. The van der Waals surface area contributed by atoms with Gasteiger partial charge in [-0.15, -0.1) is 0 Å². The highest BCUT2D eigenvalue weighted by Crippen LogP contribution is 2.46. The van der Waals surface area contributed by atoms with Crippen LogP contribution in [0.5, 0.6) is 5.75 Å². The van der Waals surface area contributed by atoms with Gasteiger partial charge in [0.15, 0.2) is 0 Å². The van der Waals surface area contributed by atoms with E-state index in [9.17, 15) is 9.59 Å². The van der Waals surface area contributed by atoms with Gasteiger partial charge in [0.05, 0.1) is 32.2 Å². The van der Waals surface area contributed by atoms with Crippen LogP contribution in [-0.2, 0) is 20.9 Å². The fraction of sp³-hybridized carbons (Fsp3) is 0.429. The standard InChI is InChI=1S/C14H16O6/c1-19-9-4-2-8(3-5-9)6-20-7-10-11(13(15)16)12(10)14(17)18/h2-5,10-12H,6-7H2,1H3,(H,15,16)(H,17,18). The van der Waals surface area contributed by atoms with E-state index in [-0.39, 0.29) is 6.61 Å². The third-order valence-corrected chi connectivity index (χ3v) is 3.48. The first-order valence-electron chi connectivity index (χ1n) is 6.21. The van der Waals surface area contributed by atoms with E-state index in [1.807, 2.05) is 12.1 Å². The first-order valence-corrected chi connectivity index (χ1v) is 6.21. The minimum absolute atomic E-state index is 0.139. The maximum absolute atomic E-state index is 10.9. The van der Waals surface area contributed by atoms with E-state index in [4.69, 9.17) is 19.7 Å². The molecule has 2 N–H and O–H groups in total. The molecule has 1 aromatic carbocycles. The van der Waals surface area contributed by atoms with Crippen molar-refractivity contribution in [2.24, 2.45) is 17.8 Å². The monoisotopic (exact) mass is 280 g/mol. The lowest BCUT2D eigenvalue weighted by Crippen LogP contribution is -2.05. The van der Waals surface area contributed by atoms with E-state index < -0.39 is 29.7 Å². The highest BCUT2D eigenvalue weighted by atomic mass is 16.5. The van der Waals surface area contributed by atoms with Crippen molar-refractivity contribution in [2.45, 2.75) is 6.61 Å². The number of methoxy groups -OCH3 is 1. The fourth-order valence-corrected chi connectivity index (χ4v) is 2.29. The van der Waals surface area contributed by atoms with Gasteiger partial charge in [-0.25, -0.2) is 0 Å². The molecule has 1 fully saturated rings. The predicted octanol–water partition coefficient (Wildman–Crippen LogP) is 1.24. The van der Waals surface area contributed by atoms with Crippen LogP contribution in [0.1, 0.15) is 5.56 Å². The van der Waals surface area contributed by atoms with Gasteiger partial charge < -0.3 is 19.7 Å². The molecule has 6 heteroatoms. The second kappa shape index (κ2) is 5.92. The average molecular weight is 280 g/mol. The van der Waals surface area contributed by atoms with E-state index in [0.717, 1.165) is 11.3 Å². The molecule has 0 aromatic heterocycles. The Morgan fingerprint density at radius 3 is 2.10 bits per heavy atom. The normalized spacial score (nSPS) is 24.1. The van der Waals surface area contributed by atoms with Crippen molar-refractivity contribution in [1.82, 2.24) is 0 Å². The average Bonchev–Trinajstić information content (AvgIpc) is 3.14. The molecule has 0 saturated heterocycles. The largest absolute Gasteiger partial charge is 0.497 e. The molecule has 108 valence electrons. The Kier molecular flexibility index (Phi) is 4.24. The van der Waals surface area contributed by atoms with Crippen LogP contribution in [0.25, 0.3) is 0 Å². The number of carboxylic acid groups (broad SMARTS) is 2. The maximum Gasteiger partial charge on any atom is 0.307 e. The Morgan fingerprint density at radius 1 is 1.10 bits per heavy atom. The zero-order valence-corrected chi connectivity index (χ0v) is 11.0. The molecule has 2 unspecified atom stereocenters. The van der Waals surface area contributed by atoms with Gasteiger partial charge in [-0.1, -0.05) is 12.1 Å². The summed E-state index contributed by atoms with van der Waals surface area (Å²) in [5, 5.41) is 17.8. The topological polar surface area (TPSA) is 93.1 Å². The fourth-order valence-electron chi connectivity index (χ4n) is 2.29. The van der Waals surface area contributed by atoms with Gasteiger partial charge in [0.25, 0.3) is 0 Å². The number of hydrogen-bond donors (Lipinski definition) is 2. The maximum atomic E-state index is 10.9. The molecular formula is C14H16O6. The van der Waals surface area contributed by atoms with E-state index in [1.165, 1.54) is 0 Å². The SMILES string of the molecule is COc1ccc(COCC2C(C(=O)O)C2C(=O)O)cc1. The van der Waals surface area contributed by atoms with Gasteiger partial charge >= 0.3 is 11.9 Å². The molecule has 20 heavy (non-hydrogen) atoms. The van der Waals surface area contributed by atoms with Crippen LogP contribution >= 0.6 is 0 Å². The molecule has 0 spiro atoms. The van der Waals surface area contributed by atoms with Crippen molar-refractivity contribution >= 4 is 11.9 Å². The lowest BCUT2D eigenvalue weighted by molar-refractivity contribution is -0.144. The van der Waals surface area contributed by atoms with Gasteiger partial charge in [-0.2, -0.15) is 0 Å². The van der Waals surface area contributed by atoms with Crippen LogP contribution in [0.4, 0.5) is 0 Å². The van der Waals surface area contributed by atoms with Crippen molar-refractivity contribution in [3.63, 3.8) is 0 Å². The van der Waals surface area contributed by atoms with Crippen LogP contribution in [0.15, 0.2) is 24.3 Å². The molecule has 1 aliphatic carbocycles. The summed E-state index contributed by atoms with van der Waals surface area (Å²) in [6.07, 6.45) is 0. The van der Waals surface area contributed by atoms with E-state index in [2.05, 4.69) is 0 Å². The van der Waals surface area contributed by atoms with Gasteiger partial charge in [-0.3, -0.25) is 9.59 Å². The first kappa shape index (κ1) is 14.3. The third-order valence-electron chi connectivity index (χ3n) is 3.48. The quantitative estimate of drug-likeness (QED) is 0.780. The molecule has 0 heterocycles. The van der Waals surface area contributed by atoms with Crippen LogP contribution in [0.2, 0.25) is 0 Å². The molecule has 1 aromatic rings. The number of rotatable bonds is 7. The lowest BCUT2D eigenvalue weighted by Gasteiger charge is -2.05. The molecule has 2 atom stereocenters. The Labute approximate surface area is 115 Å². The molecule has 0 amide bonds. The van der Waals surface area contributed by atoms with Crippen LogP contribution in [0.3, 0.4) is 0 Å². The zero-order chi connectivity index (χ0) is 14.7. The number of carboxylic acids is 2. The van der Waals surface area contributed by atoms with E-state index in [0.29, 0.717) is 6.61 Å². The summed E-state index contributed by atoms with van der Waals surface area (Å²) in [6, 6.07) is 7.29. The zero-order valence-electron chi connectivity index (χ0n) is 11.0. The molecule has 1 saturated carbocycles. The Balaban J connectivity index is 1.81. The van der Waals surface area contributed by atoms with E-state index in [1.54, 1.807) is 19.2 Å². The molecule has 6 nitrogen and oxygen atoms in total. The van der Waals surface area contributed by atoms with Crippen molar-refractivity contribution in [3.05, 3.63) is 29.8 Å². The molecule has 0 radical (unpaired) electrons. The number of benzene rings is 1. The summed E-state index contributed by atoms with van der Waals surface area (Å²) < 4.78 is 10.4. The smallest absolute Gasteiger partial charge is 0.307 e. The van der Waals surface area contributed by atoms with Gasteiger partial charge in [0.2, 0.25) is 0 Å². The Bertz CT molecular complexity index is 475. The summed E-state index contributed by atoms with van der Waals surface area (Å²) in [5.41, 5.74) is 0.921. The summed E-state index contributed by atoms with van der Waals surface area (Å²) in [4.78, 5) is 21.7. The summed E-state index contributed by atoms with van der Waals surface area (Å²) in [7, 11) is 1.58. The Hall–Kier alpha value is -2.08. The Morgan fingerprint density at radius 2 is 1.65 bits per heavy atom. The van der Waals surface area contributed by atoms with Crippen molar-refractivity contribution in [3.8, 4) is 5.75 Å². The second-order valence-electron chi connectivity index (χ2n) is 4.76. The molecular weight excluding hydrogens is 264 g/mol. The minimum Gasteiger partial charge on any atom is -0.497 e. The summed E-state index contributed by atoms with van der Waals surface area (Å²) >= 11 is 0. The summed E-state index contributed by atoms with van der Waals surface area (Å²) in [5.74, 6) is -3.51.